The summed E-state index contributed by atoms with van der Waals surface area (Å²) in [5, 5.41) is 0. The molecular weight excluding hydrogens is 440 g/mol. The molecule has 0 bridgehead atoms. The molecule has 0 aliphatic carbocycles. The van der Waals surface area contributed by atoms with E-state index in [0.717, 1.165) is 35.7 Å². The molecule has 1 fully saturated rings. The molecule has 2 N–H and O–H groups in total. The predicted molar refractivity (Wildman–Crippen MR) is 134 cm³/mol. The van der Waals surface area contributed by atoms with Crippen molar-refractivity contribution in [3.05, 3.63) is 54.1 Å². The number of carbonyl (C=O) groups excluding carboxylic acids is 1. The Hall–Kier alpha value is -2.46. The van der Waals surface area contributed by atoms with E-state index in [1.165, 1.54) is 0 Å². The van der Waals surface area contributed by atoms with Crippen LogP contribution in [0.25, 0.3) is 0 Å². The van der Waals surface area contributed by atoms with Crippen molar-refractivity contribution in [1.82, 2.24) is 9.80 Å². The van der Waals surface area contributed by atoms with Crippen LogP contribution >= 0.6 is 11.0 Å². The second kappa shape index (κ2) is 9.06. The molecule has 1 amide bonds. The molecule has 0 unspecified atom stereocenters. The Morgan fingerprint density at radius 3 is 2.09 bits per heavy atom. The van der Waals surface area contributed by atoms with Gasteiger partial charge in [-0.3, -0.25) is 18.3 Å². The molecule has 2 heterocycles. The van der Waals surface area contributed by atoms with Gasteiger partial charge in [0, 0.05) is 32.7 Å². The number of amides is 1. The number of piperazine rings is 1. The molecule has 180 valence electrons. The lowest BCUT2D eigenvalue weighted by Crippen LogP contribution is -2.51. The number of para-hydroxylation sites is 3. The standard InChI is InChI=1S/C24H34N4O4S/c1-19-9-5-6-10-20(19)28-22-12-8-7-11-21(22)27(33(28,30)31)18-15-25-13-16-26(17-14-25)23(29)32-24(2,3)4/h5-12,30-31H,13-18H2,1-4H3. The van der Waals surface area contributed by atoms with E-state index >= 15 is 0 Å². The molecule has 2 aliphatic rings. The summed E-state index contributed by atoms with van der Waals surface area (Å²) in [6.07, 6.45) is -0.279. The highest BCUT2D eigenvalue weighted by atomic mass is 32.3. The number of aryl methyl sites for hydroxylation is 1. The summed E-state index contributed by atoms with van der Waals surface area (Å²) < 4.78 is 31.6. The fraction of sp³-hybridized carbons (Fsp3) is 0.458. The first-order chi connectivity index (χ1) is 15.6. The lowest BCUT2D eigenvalue weighted by Gasteiger charge is -2.45. The molecule has 2 aliphatic heterocycles. The summed E-state index contributed by atoms with van der Waals surface area (Å²) in [5.41, 5.74) is 2.87. The monoisotopic (exact) mass is 474 g/mol. The van der Waals surface area contributed by atoms with Crippen LogP contribution < -0.4 is 8.61 Å². The summed E-state index contributed by atoms with van der Waals surface area (Å²) in [6, 6.07) is 15.4. The Morgan fingerprint density at radius 2 is 1.48 bits per heavy atom. The first kappa shape index (κ1) is 23.7. The third-order valence-electron chi connectivity index (χ3n) is 5.89. The van der Waals surface area contributed by atoms with Crippen LogP contribution in [0.4, 0.5) is 21.9 Å². The summed E-state index contributed by atoms with van der Waals surface area (Å²) in [4.78, 5) is 16.3. The van der Waals surface area contributed by atoms with Gasteiger partial charge in [0.2, 0.25) is 0 Å². The van der Waals surface area contributed by atoms with Crippen LogP contribution in [0.1, 0.15) is 26.3 Å². The maximum atomic E-state index is 12.3. The van der Waals surface area contributed by atoms with E-state index in [9.17, 15) is 13.9 Å². The van der Waals surface area contributed by atoms with Gasteiger partial charge in [-0.2, -0.15) is 0 Å². The van der Waals surface area contributed by atoms with Crippen LogP contribution in [0.3, 0.4) is 0 Å². The minimum absolute atomic E-state index is 0.279. The average molecular weight is 475 g/mol. The maximum absolute atomic E-state index is 12.3. The Labute approximate surface area is 198 Å². The number of hydrogen-bond acceptors (Lipinski definition) is 7. The molecule has 8 nitrogen and oxygen atoms in total. The smallest absolute Gasteiger partial charge is 0.410 e. The zero-order valence-corrected chi connectivity index (χ0v) is 20.6. The van der Waals surface area contributed by atoms with Gasteiger partial charge in [0.25, 0.3) is 0 Å². The van der Waals surface area contributed by atoms with Gasteiger partial charge in [0.1, 0.15) is 5.60 Å². The third-order valence-corrected chi connectivity index (χ3v) is 7.74. The number of nitrogens with zero attached hydrogens (tertiary/aromatic N) is 4. The molecule has 2 aromatic rings. The van der Waals surface area contributed by atoms with Crippen molar-refractivity contribution >= 4 is 34.1 Å². The van der Waals surface area contributed by atoms with Crippen LogP contribution in [0.5, 0.6) is 0 Å². The predicted octanol–water partition coefficient (Wildman–Crippen LogP) is 5.09. The Bertz CT molecular complexity index is 1000. The molecule has 0 aromatic heterocycles. The van der Waals surface area contributed by atoms with E-state index in [0.29, 0.717) is 26.2 Å². The number of ether oxygens (including phenoxy) is 1. The Kier molecular flexibility index (Phi) is 6.50. The van der Waals surface area contributed by atoms with Gasteiger partial charge in [-0.25, -0.2) is 9.10 Å². The van der Waals surface area contributed by atoms with Crippen LogP contribution in [0.2, 0.25) is 0 Å². The van der Waals surface area contributed by atoms with Crippen LogP contribution in [0.15, 0.2) is 48.5 Å². The van der Waals surface area contributed by atoms with Crippen molar-refractivity contribution in [3.8, 4) is 0 Å². The van der Waals surface area contributed by atoms with Gasteiger partial charge in [-0.05, 0) is 62.4 Å². The van der Waals surface area contributed by atoms with Crippen molar-refractivity contribution < 1.29 is 18.6 Å². The highest BCUT2D eigenvalue weighted by Crippen LogP contribution is 2.64. The minimum atomic E-state index is -3.25. The number of hydrogen-bond donors (Lipinski definition) is 2. The number of carbonyl (C=O) groups is 1. The van der Waals surface area contributed by atoms with Gasteiger partial charge >= 0.3 is 6.09 Å². The second-order valence-electron chi connectivity index (χ2n) is 9.47. The maximum Gasteiger partial charge on any atom is 0.410 e. The van der Waals surface area contributed by atoms with Crippen molar-refractivity contribution in [2.75, 3.05) is 47.9 Å². The summed E-state index contributed by atoms with van der Waals surface area (Å²) in [7, 11) is -3.25. The van der Waals surface area contributed by atoms with Crippen molar-refractivity contribution in [3.63, 3.8) is 0 Å². The molecule has 0 radical (unpaired) electrons. The SMILES string of the molecule is Cc1ccccc1N1c2ccccc2N(CCN2CCN(C(=O)OC(C)(C)C)CC2)S1(O)O. The van der Waals surface area contributed by atoms with Gasteiger partial charge in [-0.15, -0.1) is 0 Å². The highest BCUT2D eigenvalue weighted by molar-refractivity contribution is 8.27. The van der Waals surface area contributed by atoms with E-state index in [1.54, 1.807) is 13.5 Å². The fourth-order valence-electron chi connectivity index (χ4n) is 4.22. The number of rotatable bonds is 4. The lowest BCUT2D eigenvalue weighted by molar-refractivity contribution is 0.0148. The molecule has 1 saturated heterocycles. The lowest BCUT2D eigenvalue weighted by atomic mass is 10.2. The molecule has 4 rings (SSSR count). The minimum Gasteiger partial charge on any atom is -0.444 e. The highest BCUT2D eigenvalue weighted by Gasteiger charge is 2.42. The number of benzene rings is 2. The van der Waals surface area contributed by atoms with Crippen LogP contribution in [-0.4, -0.2) is 69.9 Å². The van der Waals surface area contributed by atoms with Crippen molar-refractivity contribution in [2.45, 2.75) is 33.3 Å². The molecule has 0 atom stereocenters. The zero-order chi connectivity index (χ0) is 23.8. The van der Waals surface area contributed by atoms with E-state index in [1.807, 2.05) is 76.2 Å². The van der Waals surface area contributed by atoms with Crippen LogP contribution in [-0.2, 0) is 4.74 Å². The van der Waals surface area contributed by atoms with Crippen molar-refractivity contribution in [2.24, 2.45) is 0 Å². The Morgan fingerprint density at radius 1 is 0.909 bits per heavy atom. The first-order valence-corrected chi connectivity index (χ1v) is 12.7. The second-order valence-corrected chi connectivity index (χ2v) is 11.3. The number of anilines is 3. The molecule has 2 aromatic carbocycles. The number of fused-ring (bicyclic) bond motifs is 1. The van der Waals surface area contributed by atoms with Crippen LogP contribution in [0, 0.1) is 6.92 Å². The normalized spacial score (nSPS) is 19.4. The van der Waals surface area contributed by atoms with E-state index in [2.05, 4.69) is 4.90 Å². The zero-order valence-electron chi connectivity index (χ0n) is 19.8. The molecule has 0 saturated carbocycles. The molecule has 33 heavy (non-hydrogen) atoms. The largest absolute Gasteiger partial charge is 0.444 e. The first-order valence-electron chi connectivity index (χ1n) is 11.3. The van der Waals surface area contributed by atoms with Crippen molar-refractivity contribution in [1.29, 1.82) is 0 Å². The van der Waals surface area contributed by atoms with E-state index in [-0.39, 0.29) is 6.09 Å². The quantitative estimate of drug-likeness (QED) is 0.639. The van der Waals surface area contributed by atoms with Gasteiger partial charge in [0.05, 0.1) is 23.6 Å². The molecular formula is C24H34N4O4S. The van der Waals surface area contributed by atoms with Gasteiger partial charge in [0.15, 0.2) is 0 Å². The van der Waals surface area contributed by atoms with Gasteiger partial charge < -0.3 is 9.64 Å². The van der Waals surface area contributed by atoms with E-state index in [4.69, 9.17) is 4.74 Å². The summed E-state index contributed by atoms with van der Waals surface area (Å²) in [5.74, 6) is 0. The molecule has 0 spiro atoms. The van der Waals surface area contributed by atoms with E-state index < -0.39 is 16.6 Å². The summed E-state index contributed by atoms with van der Waals surface area (Å²) >= 11 is 0. The topological polar surface area (TPSA) is 79.7 Å². The average Bonchev–Trinajstić information content (AvgIpc) is 2.97. The fourth-order valence-corrected chi connectivity index (χ4v) is 6.05. The summed E-state index contributed by atoms with van der Waals surface area (Å²) in [6.45, 7) is 11.3. The third kappa shape index (κ3) is 4.91. The Balaban J connectivity index is 1.44. The van der Waals surface area contributed by atoms with Gasteiger partial charge in [-0.1, -0.05) is 30.3 Å². The molecule has 9 heteroatoms.